The summed E-state index contributed by atoms with van der Waals surface area (Å²) < 4.78 is 0. The van der Waals surface area contributed by atoms with Crippen LogP contribution in [0, 0.1) is 6.92 Å². The van der Waals surface area contributed by atoms with E-state index in [1.807, 2.05) is 19.1 Å². The topological polar surface area (TPSA) is 49.3 Å². The van der Waals surface area contributed by atoms with Crippen LogP contribution in [0.1, 0.15) is 12.5 Å². The van der Waals surface area contributed by atoms with Crippen molar-refractivity contribution < 1.29 is 9.90 Å². The second kappa shape index (κ2) is 3.85. The van der Waals surface area contributed by atoms with E-state index >= 15 is 0 Å². The lowest BCUT2D eigenvalue weighted by atomic mass is 10.1. The summed E-state index contributed by atoms with van der Waals surface area (Å²) >= 11 is 0. The molecule has 0 saturated heterocycles. The van der Waals surface area contributed by atoms with Crippen molar-refractivity contribution in [1.82, 2.24) is 0 Å². The zero-order chi connectivity index (χ0) is 11.7. The van der Waals surface area contributed by atoms with Gasteiger partial charge in [0.25, 0.3) is 0 Å². The van der Waals surface area contributed by atoms with Crippen LogP contribution in [0.2, 0.25) is 0 Å². The number of aryl methyl sites for hydroxylation is 1. The minimum Gasteiger partial charge on any atom is -0.507 e. The quantitative estimate of drug-likeness (QED) is 0.768. The zero-order valence-electron chi connectivity index (χ0n) is 9.24. The number of phenols is 1. The molecule has 0 atom stereocenters. The number of phenolic OH excluding ortho intramolecular Hbond substituents is 1. The Hall–Kier alpha value is -2.03. The lowest BCUT2D eigenvalue weighted by molar-refractivity contribution is -0.114. The molecule has 3 nitrogen and oxygen atoms in total. The average Bonchev–Trinajstić information content (AvgIpc) is 2.15. The Kier molecular flexibility index (Phi) is 2.52. The third-order valence-electron chi connectivity index (χ3n) is 2.40. The maximum Gasteiger partial charge on any atom is 0.221 e. The van der Waals surface area contributed by atoms with E-state index in [1.54, 1.807) is 18.2 Å². The number of amides is 1. The highest BCUT2D eigenvalue weighted by atomic mass is 16.3. The molecular weight excluding hydrogens is 202 g/mol. The van der Waals surface area contributed by atoms with Crippen molar-refractivity contribution in [1.29, 1.82) is 0 Å². The largest absolute Gasteiger partial charge is 0.507 e. The Morgan fingerprint density at radius 2 is 2.00 bits per heavy atom. The summed E-state index contributed by atoms with van der Waals surface area (Å²) in [5.74, 6) is 0.167. The molecule has 0 fully saturated rings. The molecule has 0 aromatic heterocycles. The summed E-state index contributed by atoms with van der Waals surface area (Å²) in [5, 5.41) is 14.2. The van der Waals surface area contributed by atoms with Crippen molar-refractivity contribution in [3.63, 3.8) is 0 Å². The van der Waals surface area contributed by atoms with Gasteiger partial charge in [0.1, 0.15) is 5.75 Å². The van der Waals surface area contributed by atoms with E-state index in [2.05, 4.69) is 5.32 Å². The fourth-order valence-corrected chi connectivity index (χ4v) is 1.78. The fourth-order valence-electron chi connectivity index (χ4n) is 1.78. The highest BCUT2D eigenvalue weighted by Crippen LogP contribution is 2.28. The van der Waals surface area contributed by atoms with Gasteiger partial charge >= 0.3 is 0 Å². The van der Waals surface area contributed by atoms with Crippen LogP contribution in [0.5, 0.6) is 5.75 Å². The van der Waals surface area contributed by atoms with Crippen molar-refractivity contribution in [2.45, 2.75) is 13.8 Å². The molecule has 0 aliphatic heterocycles. The lowest BCUT2D eigenvalue weighted by Gasteiger charge is -2.06. The number of benzene rings is 2. The van der Waals surface area contributed by atoms with E-state index in [0.29, 0.717) is 0 Å². The van der Waals surface area contributed by atoms with Gasteiger partial charge in [-0.25, -0.2) is 0 Å². The molecule has 2 aromatic carbocycles. The van der Waals surface area contributed by atoms with Crippen LogP contribution in [-0.2, 0) is 4.79 Å². The number of aromatic hydroxyl groups is 1. The number of nitrogens with one attached hydrogen (secondary N) is 1. The van der Waals surface area contributed by atoms with E-state index in [0.717, 1.165) is 22.0 Å². The molecule has 82 valence electrons. The Labute approximate surface area is 93.7 Å². The van der Waals surface area contributed by atoms with Crippen LogP contribution in [-0.4, -0.2) is 11.0 Å². The van der Waals surface area contributed by atoms with Gasteiger partial charge in [0.15, 0.2) is 0 Å². The van der Waals surface area contributed by atoms with Gasteiger partial charge < -0.3 is 10.4 Å². The third kappa shape index (κ3) is 1.98. The number of carbonyl (C=O) groups is 1. The van der Waals surface area contributed by atoms with E-state index < -0.39 is 0 Å². The van der Waals surface area contributed by atoms with Crippen molar-refractivity contribution in [3.05, 3.63) is 35.9 Å². The summed E-state index contributed by atoms with van der Waals surface area (Å²) in [5.41, 5.74) is 1.73. The van der Waals surface area contributed by atoms with Gasteiger partial charge in [0, 0.05) is 18.0 Å². The predicted molar refractivity (Wildman–Crippen MR) is 64.7 cm³/mol. The van der Waals surface area contributed by atoms with Gasteiger partial charge in [-0.15, -0.1) is 0 Å². The second-order valence-corrected chi connectivity index (χ2v) is 3.90. The molecule has 3 heteroatoms. The maximum absolute atomic E-state index is 10.9. The number of hydrogen-bond donors (Lipinski definition) is 2. The average molecular weight is 215 g/mol. The lowest BCUT2D eigenvalue weighted by Crippen LogP contribution is -2.05. The van der Waals surface area contributed by atoms with Gasteiger partial charge in [0.2, 0.25) is 5.91 Å². The highest BCUT2D eigenvalue weighted by molar-refractivity contribution is 5.95. The first-order valence-corrected chi connectivity index (χ1v) is 5.07. The van der Waals surface area contributed by atoms with Crippen LogP contribution >= 0.6 is 0 Å². The van der Waals surface area contributed by atoms with Gasteiger partial charge in [-0.05, 0) is 42.1 Å². The van der Waals surface area contributed by atoms with E-state index in [1.165, 1.54) is 6.92 Å². The third-order valence-corrected chi connectivity index (χ3v) is 2.40. The van der Waals surface area contributed by atoms with E-state index in [9.17, 15) is 9.90 Å². The van der Waals surface area contributed by atoms with Gasteiger partial charge in [-0.1, -0.05) is 6.07 Å². The minimum atomic E-state index is -0.101. The molecule has 2 aromatic rings. The molecule has 16 heavy (non-hydrogen) atoms. The molecule has 0 spiro atoms. The Morgan fingerprint density at radius 3 is 2.69 bits per heavy atom. The van der Waals surface area contributed by atoms with Crippen LogP contribution in [0.15, 0.2) is 30.3 Å². The summed E-state index contributed by atoms with van der Waals surface area (Å²) in [4.78, 5) is 10.9. The van der Waals surface area contributed by atoms with E-state index in [-0.39, 0.29) is 11.7 Å². The first-order chi connectivity index (χ1) is 7.56. The number of carbonyl (C=O) groups excluding carboxylic acids is 1. The van der Waals surface area contributed by atoms with Gasteiger partial charge in [-0.3, -0.25) is 4.79 Å². The van der Waals surface area contributed by atoms with Gasteiger partial charge in [0.05, 0.1) is 0 Å². The Morgan fingerprint density at radius 1 is 1.25 bits per heavy atom. The standard InChI is InChI=1S/C13H13NO2/c1-8-5-10-7-11(14-9(2)15)3-4-12(10)13(16)6-8/h3-7,16H,1-2H3,(H,14,15). The fraction of sp³-hybridized carbons (Fsp3) is 0.154. The zero-order valence-corrected chi connectivity index (χ0v) is 9.24. The van der Waals surface area contributed by atoms with Crippen molar-refractivity contribution >= 4 is 22.4 Å². The molecule has 2 rings (SSSR count). The molecule has 2 N–H and O–H groups in total. The molecule has 0 aliphatic carbocycles. The molecular formula is C13H13NO2. The van der Waals surface area contributed by atoms with Crippen LogP contribution in [0.3, 0.4) is 0 Å². The first-order valence-electron chi connectivity index (χ1n) is 5.07. The number of fused-ring (bicyclic) bond motifs is 1. The van der Waals surface area contributed by atoms with Crippen LogP contribution in [0.25, 0.3) is 10.8 Å². The summed E-state index contributed by atoms with van der Waals surface area (Å²) in [7, 11) is 0. The molecule has 0 bridgehead atoms. The summed E-state index contributed by atoms with van der Waals surface area (Å²) in [6.45, 7) is 3.39. The van der Waals surface area contributed by atoms with Crippen LogP contribution in [0.4, 0.5) is 5.69 Å². The predicted octanol–water partition coefficient (Wildman–Crippen LogP) is 2.81. The number of hydrogen-bond acceptors (Lipinski definition) is 2. The number of rotatable bonds is 1. The van der Waals surface area contributed by atoms with Crippen molar-refractivity contribution in [3.8, 4) is 5.75 Å². The molecule has 1 amide bonds. The smallest absolute Gasteiger partial charge is 0.221 e. The molecule has 0 unspecified atom stereocenters. The van der Waals surface area contributed by atoms with Crippen LogP contribution < -0.4 is 5.32 Å². The normalized spacial score (nSPS) is 10.4. The minimum absolute atomic E-state index is 0.101. The molecule has 0 aliphatic rings. The SMILES string of the molecule is CC(=O)Nc1ccc2c(O)cc(C)cc2c1. The first kappa shape index (κ1) is 10.5. The highest BCUT2D eigenvalue weighted by Gasteiger charge is 2.03. The Balaban J connectivity index is 2.57. The van der Waals surface area contributed by atoms with E-state index in [4.69, 9.17) is 0 Å². The van der Waals surface area contributed by atoms with Gasteiger partial charge in [-0.2, -0.15) is 0 Å². The number of anilines is 1. The second-order valence-electron chi connectivity index (χ2n) is 3.90. The van der Waals surface area contributed by atoms with Crippen molar-refractivity contribution in [2.75, 3.05) is 5.32 Å². The summed E-state index contributed by atoms with van der Waals surface area (Å²) in [6.07, 6.45) is 0. The summed E-state index contributed by atoms with van der Waals surface area (Å²) in [6, 6.07) is 9.12. The Bertz CT molecular complexity index is 561. The van der Waals surface area contributed by atoms with Crippen molar-refractivity contribution in [2.24, 2.45) is 0 Å². The monoisotopic (exact) mass is 215 g/mol. The maximum atomic E-state index is 10.9. The molecule has 0 radical (unpaired) electrons. The molecule has 0 saturated carbocycles. The molecule has 0 heterocycles.